The lowest BCUT2D eigenvalue weighted by Crippen LogP contribution is -2.15. The third-order valence-electron chi connectivity index (χ3n) is 3.98. The predicted molar refractivity (Wildman–Crippen MR) is 93.9 cm³/mol. The number of benzene rings is 2. The van der Waals surface area contributed by atoms with Gasteiger partial charge in [-0.15, -0.1) is 0 Å². The van der Waals surface area contributed by atoms with Crippen molar-refractivity contribution >= 4 is 17.3 Å². The number of carbonyl (C=O) groups is 1. The number of nitrogens with zero attached hydrogens (tertiary/aromatic N) is 1. The Morgan fingerprint density at radius 3 is 2.55 bits per heavy atom. The van der Waals surface area contributed by atoms with Gasteiger partial charge in [-0.1, -0.05) is 38.1 Å². The topological polar surface area (TPSA) is 32.3 Å². The molecule has 0 saturated carbocycles. The first-order valence-electron chi connectivity index (χ1n) is 7.70. The molecule has 0 bridgehead atoms. The fraction of sp³-hybridized carbons (Fsp3) is 0.316. The van der Waals surface area contributed by atoms with Crippen LogP contribution in [0.15, 0.2) is 48.5 Å². The van der Waals surface area contributed by atoms with Gasteiger partial charge >= 0.3 is 0 Å². The molecule has 2 aromatic carbocycles. The van der Waals surface area contributed by atoms with Crippen molar-refractivity contribution < 1.29 is 4.79 Å². The Labute approximate surface area is 133 Å². The SMILES string of the molecule is CC[C@@H](C)c1ccccc1NC(=O)c1cccc(N(C)C)c1. The summed E-state index contributed by atoms with van der Waals surface area (Å²) in [6.45, 7) is 4.33. The molecule has 0 unspecified atom stereocenters. The van der Waals surface area contributed by atoms with Crippen molar-refractivity contribution in [2.24, 2.45) is 0 Å². The highest BCUT2D eigenvalue weighted by Gasteiger charge is 2.12. The number of nitrogens with one attached hydrogen (secondary N) is 1. The molecule has 0 radical (unpaired) electrons. The Hall–Kier alpha value is -2.29. The first kappa shape index (κ1) is 16.1. The van der Waals surface area contributed by atoms with Crippen LogP contribution in [0, 0.1) is 0 Å². The van der Waals surface area contributed by atoms with E-state index in [0.717, 1.165) is 17.8 Å². The fourth-order valence-corrected chi connectivity index (χ4v) is 2.38. The van der Waals surface area contributed by atoms with E-state index in [1.165, 1.54) is 5.56 Å². The van der Waals surface area contributed by atoms with Gasteiger partial charge in [0, 0.05) is 31.0 Å². The van der Waals surface area contributed by atoms with E-state index in [4.69, 9.17) is 0 Å². The van der Waals surface area contributed by atoms with Gasteiger partial charge in [-0.3, -0.25) is 4.79 Å². The van der Waals surface area contributed by atoms with Crippen LogP contribution < -0.4 is 10.2 Å². The van der Waals surface area contributed by atoms with Crippen LogP contribution in [-0.2, 0) is 0 Å². The third-order valence-corrected chi connectivity index (χ3v) is 3.98. The number of carbonyl (C=O) groups excluding carboxylic acids is 1. The number of hydrogen-bond donors (Lipinski definition) is 1. The summed E-state index contributed by atoms with van der Waals surface area (Å²) >= 11 is 0. The van der Waals surface area contributed by atoms with Crippen LogP contribution in [0.25, 0.3) is 0 Å². The zero-order valence-electron chi connectivity index (χ0n) is 13.8. The van der Waals surface area contributed by atoms with Crippen molar-refractivity contribution in [3.63, 3.8) is 0 Å². The van der Waals surface area contributed by atoms with Crippen molar-refractivity contribution in [1.82, 2.24) is 0 Å². The molecule has 3 heteroatoms. The Kier molecular flexibility index (Phi) is 5.21. The molecule has 0 heterocycles. The van der Waals surface area contributed by atoms with Gasteiger partial charge in [-0.25, -0.2) is 0 Å². The molecule has 3 nitrogen and oxygen atoms in total. The smallest absolute Gasteiger partial charge is 0.255 e. The summed E-state index contributed by atoms with van der Waals surface area (Å²) in [6.07, 6.45) is 1.04. The van der Waals surface area contributed by atoms with Crippen molar-refractivity contribution in [2.75, 3.05) is 24.3 Å². The molecular formula is C19H24N2O. The van der Waals surface area contributed by atoms with Crippen molar-refractivity contribution in [2.45, 2.75) is 26.2 Å². The monoisotopic (exact) mass is 296 g/mol. The number of hydrogen-bond acceptors (Lipinski definition) is 2. The fourth-order valence-electron chi connectivity index (χ4n) is 2.38. The highest BCUT2D eigenvalue weighted by atomic mass is 16.1. The van der Waals surface area contributed by atoms with Gasteiger partial charge in [-0.2, -0.15) is 0 Å². The summed E-state index contributed by atoms with van der Waals surface area (Å²) in [6, 6.07) is 15.7. The molecule has 2 rings (SSSR count). The average molecular weight is 296 g/mol. The highest BCUT2D eigenvalue weighted by Crippen LogP contribution is 2.27. The Morgan fingerprint density at radius 1 is 1.14 bits per heavy atom. The molecule has 0 fully saturated rings. The van der Waals surface area contributed by atoms with E-state index in [-0.39, 0.29) is 5.91 Å². The summed E-state index contributed by atoms with van der Waals surface area (Å²) in [5, 5.41) is 3.05. The second-order valence-corrected chi connectivity index (χ2v) is 5.80. The van der Waals surface area contributed by atoms with Crippen LogP contribution in [0.4, 0.5) is 11.4 Å². The number of anilines is 2. The van der Waals surface area contributed by atoms with Gasteiger partial charge in [0.2, 0.25) is 0 Å². The third kappa shape index (κ3) is 3.67. The molecule has 1 N–H and O–H groups in total. The quantitative estimate of drug-likeness (QED) is 0.880. The summed E-state index contributed by atoms with van der Waals surface area (Å²) in [5.74, 6) is 0.351. The predicted octanol–water partition coefficient (Wildman–Crippen LogP) is 4.52. The minimum Gasteiger partial charge on any atom is -0.378 e. The Balaban J connectivity index is 2.24. The van der Waals surface area contributed by atoms with Crippen molar-refractivity contribution in [1.29, 1.82) is 0 Å². The average Bonchev–Trinajstić information content (AvgIpc) is 2.54. The summed E-state index contributed by atoms with van der Waals surface area (Å²) in [7, 11) is 3.94. The van der Waals surface area contributed by atoms with Crippen LogP contribution in [0.5, 0.6) is 0 Å². The molecule has 1 amide bonds. The van der Waals surface area contributed by atoms with Crippen molar-refractivity contribution in [3.05, 3.63) is 59.7 Å². The van der Waals surface area contributed by atoms with E-state index in [1.807, 2.05) is 61.5 Å². The maximum atomic E-state index is 12.5. The second-order valence-electron chi connectivity index (χ2n) is 5.80. The number of amides is 1. The lowest BCUT2D eigenvalue weighted by molar-refractivity contribution is 0.102. The Morgan fingerprint density at radius 2 is 1.86 bits per heavy atom. The van der Waals surface area contributed by atoms with Crippen LogP contribution in [0.3, 0.4) is 0 Å². The summed E-state index contributed by atoms with van der Waals surface area (Å²) < 4.78 is 0. The van der Waals surface area contributed by atoms with E-state index < -0.39 is 0 Å². The normalized spacial score (nSPS) is 11.8. The highest BCUT2D eigenvalue weighted by molar-refractivity contribution is 6.05. The molecule has 2 aromatic rings. The van der Waals surface area contributed by atoms with Gasteiger partial charge < -0.3 is 10.2 Å². The molecule has 0 aromatic heterocycles. The summed E-state index contributed by atoms with van der Waals surface area (Å²) in [4.78, 5) is 14.5. The second kappa shape index (κ2) is 7.12. The van der Waals surface area contributed by atoms with Crippen LogP contribution >= 0.6 is 0 Å². The molecule has 1 atom stereocenters. The molecule has 0 aliphatic heterocycles. The lowest BCUT2D eigenvalue weighted by atomic mass is 9.97. The van der Waals surface area contributed by atoms with Gasteiger partial charge in [0.25, 0.3) is 5.91 Å². The van der Waals surface area contributed by atoms with E-state index in [9.17, 15) is 4.79 Å². The van der Waals surface area contributed by atoms with Gasteiger partial charge in [-0.05, 0) is 42.2 Å². The number of rotatable bonds is 5. The molecule has 22 heavy (non-hydrogen) atoms. The van der Waals surface area contributed by atoms with E-state index in [2.05, 4.69) is 25.2 Å². The van der Waals surface area contributed by atoms with Gasteiger partial charge in [0.1, 0.15) is 0 Å². The lowest BCUT2D eigenvalue weighted by Gasteiger charge is -2.16. The van der Waals surface area contributed by atoms with Crippen molar-refractivity contribution in [3.8, 4) is 0 Å². The molecule has 116 valence electrons. The zero-order valence-corrected chi connectivity index (χ0v) is 13.8. The molecule has 0 aliphatic rings. The molecule has 0 saturated heterocycles. The van der Waals surface area contributed by atoms with Crippen LogP contribution in [0.1, 0.15) is 42.1 Å². The number of para-hydroxylation sites is 1. The molecular weight excluding hydrogens is 272 g/mol. The van der Waals surface area contributed by atoms with Crippen LogP contribution in [0.2, 0.25) is 0 Å². The standard InChI is InChI=1S/C19H24N2O/c1-5-14(2)17-11-6-7-12-18(17)20-19(22)15-9-8-10-16(13-15)21(3)4/h6-14H,5H2,1-4H3,(H,20,22)/t14-/m1/s1. The minimum absolute atomic E-state index is 0.0700. The zero-order chi connectivity index (χ0) is 16.1. The largest absolute Gasteiger partial charge is 0.378 e. The summed E-state index contributed by atoms with van der Waals surface area (Å²) in [5.41, 5.74) is 3.77. The van der Waals surface area contributed by atoms with Gasteiger partial charge in [0.15, 0.2) is 0 Å². The van der Waals surface area contributed by atoms with E-state index in [1.54, 1.807) is 0 Å². The molecule has 0 spiro atoms. The first-order valence-corrected chi connectivity index (χ1v) is 7.70. The first-order chi connectivity index (χ1) is 10.5. The van der Waals surface area contributed by atoms with E-state index >= 15 is 0 Å². The molecule has 0 aliphatic carbocycles. The maximum Gasteiger partial charge on any atom is 0.255 e. The maximum absolute atomic E-state index is 12.5. The van der Waals surface area contributed by atoms with Crippen LogP contribution in [-0.4, -0.2) is 20.0 Å². The van der Waals surface area contributed by atoms with Gasteiger partial charge in [0.05, 0.1) is 0 Å². The Bertz CT molecular complexity index is 649. The van der Waals surface area contributed by atoms with E-state index in [0.29, 0.717) is 11.5 Å². The minimum atomic E-state index is -0.0700.